The molecule has 282 valence electrons. The summed E-state index contributed by atoms with van der Waals surface area (Å²) in [5, 5.41) is 8.11. The minimum Gasteiger partial charge on any atom is -0.461 e. The molecule has 3 saturated heterocycles. The summed E-state index contributed by atoms with van der Waals surface area (Å²) in [5.74, 6) is -4.19. The van der Waals surface area contributed by atoms with E-state index in [0.29, 0.717) is 19.3 Å². The zero-order chi connectivity index (χ0) is 37.9. The van der Waals surface area contributed by atoms with Crippen molar-refractivity contribution < 1.29 is 38.3 Å². The van der Waals surface area contributed by atoms with Crippen molar-refractivity contribution in [1.82, 2.24) is 30.7 Å². The van der Waals surface area contributed by atoms with Gasteiger partial charge in [0.25, 0.3) is 0 Å². The van der Waals surface area contributed by atoms with Crippen molar-refractivity contribution in [3.8, 4) is 0 Å². The summed E-state index contributed by atoms with van der Waals surface area (Å²) in [6, 6.07) is 2.66. The molecule has 0 aliphatic carbocycles. The molecular weight excluding hydrogens is 668 g/mol. The van der Waals surface area contributed by atoms with Gasteiger partial charge in [0.05, 0.1) is 0 Å². The zero-order valence-corrected chi connectivity index (χ0v) is 30.7. The van der Waals surface area contributed by atoms with Crippen LogP contribution in [0, 0.1) is 5.92 Å². The quantitative estimate of drug-likeness (QED) is 0.194. The van der Waals surface area contributed by atoms with Crippen molar-refractivity contribution in [2.75, 3.05) is 26.7 Å². The van der Waals surface area contributed by atoms with Gasteiger partial charge in [0.15, 0.2) is 0 Å². The predicted octanol–water partition coefficient (Wildman–Crippen LogP) is 1.25. The van der Waals surface area contributed by atoms with Gasteiger partial charge in [0, 0.05) is 32.6 Å². The fourth-order valence-electron chi connectivity index (χ4n) is 6.72. The smallest absolute Gasteiger partial charge is 0.328 e. The van der Waals surface area contributed by atoms with Crippen LogP contribution in [-0.2, 0) is 44.7 Å². The molecule has 52 heavy (non-hydrogen) atoms. The zero-order valence-electron chi connectivity index (χ0n) is 30.7. The number of benzene rings is 1. The van der Waals surface area contributed by atoms with Gasteiger partial charge >= 0.3 is 5.97 Å². The molecule has 6 amide bonds. The number of carbonyl (C=O) groups is 7. The van der Waals surface area contributed by atoms with E-state index < -0.39 is 84.3 Å². The number of esters is 1. The van der Waals surface area contributed by atoms with Crippen LogP contribution in [0.1, 0.15) is 65.4 Å². The fourth-order valence-corrected chi connectivity index (χ4v) is 6.72. The number of cyclic esters (lactones) is 1. The van der Waals surface area contributed by atoms with E-state index in [1.165, 1.54) is 41.7 Å². The highest BCUT2D eigenvalue weighted by Crippen LogP contribution is 2.26. The minimum atomic E-state index is -1.42. The van der Waals surface area contributed by atoms with Gasteiger partial charge < -0.3 is 35.4 Å². The first kappa shape index (κ1) is 39.8. The lowest BCUT2D eigenvalue weighted by Gasteiger charge is -2.34. The van der Waals surface area contributed by atoms with Crippen LogP contribution in [0.15, 0.2) is 54.6 Å². The van der Waals surface area contributed by atoms with E-state index in [1.807, 2.05) is 38.1 Å². The summed E-state index contributed by atoms with van der Waals surface area (Å²) in [7, 11) is 1.47. The number of nitrogens with zero attached hydrogens (tertiary/aromatic N) is 3. The van der Waals surface area contributed by atoms with Crippen molar-refractivity contribution >= 4 is 41.4 Å². The molecule has 3 N–H and O–H groups in total. The Morgan fingerprint density at radius 2 is 1.71 bits per heavy atom. The molecule has 3 aliphatic heterocycles. The third-order valence-electron chi connectivity index (χ3n) is 9.80. The number of nitrogens with one attached hydrogen (secondary N) is 3. The van der Waals surface area contributed by atoms with E-state index in [-0.39, 0.29) is 25.4 Å². The molecule has 3 heterocycles. The maximum atomic E-state index is 14.3. The van der Waals surface area contributed by atoms with Crippen molar-refractivity contribution in [1.29, 1.82) is 0 Å². The normalized spacial score (nSPS) is 27.0. The van der Waals surface area contributed by atoms with Gasteiger partial charge in [0.1, 0.15) is 42.9 Å². The lowest BCUT2D eigenvalue weighted by Crippen LogP contribution is -2.60. The predicted molar refractivity (Wildman–Crippen MR) is 192 cm³/mol. The van der Waals surface area contributed by atoms with Crippen molar-refractivity contribution in [3.63, 3.8) is 0 Å². The highest BCUT2D eigenvalue weighted by atomic mass is 16.5. The average Bonchev–Trinajstić information content (AvgIpc) is 3.78. The Kier molecular flexibility index (Phi) is 14.1. The van der Waals surface area contributed by atoms with Crippen LogP contribution in [0.25, 0.3) is 0 Å². The molecule has 2 unspecified atom stereocenters. The molecule has 3 fully saturated rings. The summed E-state index contributed by atoms with van der Waals surface area (Å²) in [6.45, 7) is 6.87. The van der Waals surface area contributed by atoms with E-state index >= 15 is 0 Å². The van der Waals surface area contributed by atoms with E-state index in [0.717, 1.165) is 18.4 Å². The lowest BCUT2D eigenvalue weighted by atomic mass is 10.0. The number of fused-ring (bicyclic) bond motifs is 2. The fraction of sp³-hybridized carbons (Fsp3) is 0.553. The number of ether oxygens (including phenoxy) is 1. The number of allylic oxidation sites excluding steroid dienone is 3. The maximum Gasteiger partial charge on any atom is 0.328 e. The highest BCUT2D eigenvalue weighted by molar-refractivity contribution is 5.98. The van der Waals surface area contributed by atoms with Gasteiger partial charge in [-0.1, -0.05) is 68.8 Å². The molecule has 1 aromatic carbocycles. The molecule has 0 aromatic heterocycles. The monoisotopic (exact) mass is 720 g/mol. The third-order valence-corrected chi connectivity index (χ3v) is 9.80. The van der Waals surface area contributed by atoms with Gasteiger partial charge in [-0.3, -0.25) is 28.8 Å². The van der Waals surface area contributed by atoms with Crippen LogP contribution in [0.3, 0.4) is 0 Å². The van der Waals surface area contributed by atoms with Crippen LogP contribution in [0.5, 0.6) is 0 Å². The number of amides is 6. The first-order valence-corrected chi connectivity index (χ1v) is 18.1. The largest absolute Gasteiger partial charge is 0.461 e. The van der Waals surface area contributed by atoms with Crippen LogP contribution in [-0.4, -0.2) is 119 Å². The molecule has 0 bridgehead atoms. The molecule has 0 radical (unpaired) electrons. The molecule has 14 heteroatoms. The Bertz CT molecular complexity index is 1550. The average molecular weight is 721 g/mol. The third kappa shape index (κ3) is 10.1. The van der Waals surface area contributed by atoms with Crippen molar-refractivity contribution in [2.45, 2.75) is 102 Å². The number of hydrogen-bond acceptors (Lipinski definition) is 8. The van der Waals surface area contributed by atoms with Gasteiger partial charge in [-0.15, -0.1) is 0 Å². The first-order valence-electron chi connectivity index (χ1n) is 18.1. The molecule has 7 atom stereocenters. The Morgan fingerprint density at radius 1 is 0.981 bits per heavy atom. The van der Waals surface area contributed by atoms with E-state index in [4.69, 9.17) is 4.74 Å². The SMILES string of the molecule is CCC/C=C/C=C/C(=O)NC(Cc1ccccc1)C(=O)NC1COC(=O)[C@@H]2C[C@@H](C)CN2C(=O)[C@H](C)NC(=O)[C@H](C)N(C)C(=O)[C@@H]2CCCN2C1=O. The summed E-state index contributed by atoms with van der Waals surface area (Å²) < 4.78 is 5.69. The molecule has 4 rings (SSSR count). The van der Waals surface area contributed by atoms with Gasteiger partial charge in [-0.05, 0) is 51.0 Å². The summed E-state index contributed by atoms with van der Waals surface area (Å²) >= 11 is 0. The van der Waals surface area contributed by atoms with Crippen LogP contribution in [0.2, 0.25) is 0 Å². The van der Waals surface area contributed by atoms with Crippen LogP contribution < -0.4 is 16.0 Å². The summed E-state index contributed by atoms with van der Waals surface area (Å²) in [6.07, 6.45) is 9.60. The summed E-state index contributed by atoms with van der Waals surface area (Å²) in [4.78, 5) is 99.2. The van der Waals surface area contributed by atoms with E-state index in [1.54, 1.807) is 24.3 Å². The Balaban J connectivity index is 1.65. The number of likely N-dealkylation sites (N-methyl/N-ethyl adjacent to an activating group) is 1. The molecule has 14 nitrogen and oxygen atoms in total. The van der Waals surface area contributed by atoms with E-state index in [9.17, 15) is 33.6 Å². The molecule has 3 aliphatic rings. The Labute approximate surface area is 305 Å². The second-order valence-electron chi connectivity index (χ2n) is 13.9. The highest BCUT2D eigenvalue weighted by Gasteiger charge is 2.44. The number of rotatable bonds is 9. The topological polar surface area (TPSA) is 175 Å². The number of hydrogen-bond donors (Lipinski definition) is 3. The second-order valence-corrected chi connectivity index (χ2v) is 13.9. The molecular formula is C38H52N6O8. The standard InChI is InChI=1S/C38H52N6O8/c1-6-7-8-9-13-18-32(45)40-28(21-27-15-11-10-12-16-27)34(47)41-29-23-52-38(51)31-20-24(2)22-44(31)35(48)25(3)39-33(46)26(4)42(5)37(50)30-17-14-19-43(30)36(29)49/h8-13,15-16,18,24-26,28-31H,6-7,14,17,19-23H2,1-5H3,(H,39,46)(H,40,45)(H,41,47)/b9-8+,18-13+/t24-,25+,26+,28?,29?,30+,31+/m1/s1. The van der Waals surface area contributed by atoms with Gasteiger partial charge in [-0.2, -0.15) is 0 Å². The summed E-state index contributed by atoms with van der Waals surface area (Å²) in [5.41, 5.74) is 0.756. The Morgan fingerprint density at radius 3 is 2.42 bits per heavy atom. The van der Waals surface area contributed by atoms with Crippen LogP contribution >= 0.6 is 0 Å². The maximum absolute atomic E-state index is 14.3. The first-order chi connectivity index (χ1) is 24.8. The Hall–Kier alpha value is -5.01. The minimum absolute atomic E-state index is 0.0461. The number of unbranched alkanes of at least 4 members (excludes halogenated alkanes) is 1. The second kappa shape index (κ2) is 18.5. The van der Waals surface area contributed by atoms with Gasteiger partial charge in [0.2, 0.25) is 35.4 Å². The molecule has 0 saturated carbocycles. The molecule has 0 spiro atoms. The van der Waals surface area contributed by atoms with Gasteiger partial charge in [-0.25, -0.2) is 4.79 Å². The number of carbonyl (C=O) groups excluding carboxylic acids is 7. The van der Waals surface area contributed by atoms with Crippen LogP contribution in [0.4, 0.5) is 0 Å². The van der Waals surface area contributed by atoms with Crippen molar-refractivity contribution in [2.24, 2.45) is 5.92 Å². The molecule has 1 aromatic rings. The lowest BCUT2D eigenvalue weighted by molar-refractivity contribution is -0.158. The van der Waals surface area contributed by atoms with E-state index in [2.05, 4.69) is 16.0 Å². The van der Waals surface area contributed by atoms with Crippen molar-refractivity contribution in [3.05, 3.63) is 60.2 Å².